The topological polar surface area (TPSA) is 21.3 Å². The maximum absolute atomic E-state index is 6.18. The number of ether oxygens (including phenoxy) is 1. The Labute approximate surface area is 115 Å². The highest BCUT2D eigenvalue weighted by atomic mass is 35.5. The number of methoxy groups -OCH3 is 1. The lowest BCUT2D eigenvalue weighted by atomic mass is 9.96. The Hall–Kier alpha value is -0.730. The first-order chi connectivity index (χ1) is 8.70. The van der Waals surface area contributed by atoms with E-state index in [-0.39, 0.29) is 0 Å². The molecule has 0 saturated carbocycles. The van der Waals surface area contributed by atoms with Gasteiger partial charge in [0.2, 0.25) is 0 Å². The number of halogens is 1. The summed E-state index contributed by atoms with van der Waals surface area (Å²) in [5, 5.41) is 4.31. The number of benzene rings is 1. The van der Waals surface area contributed by atoms with Crippen molar-refractivity contribution in [3.8, 4) is 5.75 Å². The predicted molar refractivity (Wildman–Crippen MR) is 76.7 cm³/mol. The van der Waals surface area contributed by atoms with Gasteiger partial charge < -0.3 is 10.1 Å². The van der Waals surface area contributed by atoms with Gasteiger partial charge in [0.15, 0.2) is 0 Å². The van der Waals surface area contributed by atoms with Crippen LogP contribution in [0.3, 0.4) is 0 Å². The molecule has 2 nitrogen and oxygen atoms in total. The number of hydrogen-bond donors (Lipinski definition) is 1. The van der Waals surface area contributed by atoms with Crippen LogP contribution in [-0.2, 0) is 6.42 Å². The van der Waals surface area contributed by atoms with Crippen molar-refractivity contribution in [2.75, 3.05) is 13.7 Å². The van der Waals surface area contributed by atoms with Crippen molar-refractivity contribution in [1.29, 1.82) is 0 Å². The summed E-state index contributed by atoms with van der Waals surface area (Å²) in [6.45, 7) is 3.30. The molecule has 1 fully saturated rings. The van der Waals surface area contributed by atoms with Crippen LogP contribution in [-0.4, -0.2) is 19.7 Å². The summed E-state index contributed by atoms with van der Waals surface area (Å²) in [6.07, 6.45) is 6.28. The first-order valence-corrected chi connectivity index (χ1v) is 7.15. The van der Waals surface area contributed by atoms with Gasteiger partial charge in [0.1, 0.15) is 5.75 Å². The molecule has 1 heterocycles. The number of aryl methyl sites for hydroxylation is 2. The van der Waals surface area contributed by atoms with E-state index >= 15 is 0 Å². The zero-order valence-corrected chi connectivity index (χ0v) is 12.0. The third-order valence-corrected chi connectivity index (χ3v) is 4.08. The summed E-state index contributed by atoms with van der Waals surface area (Å²) < 4.78 is 5.23. The number of nitrogens with one attached hydrogen (secondary N) is 1. The summed E-state index contributed by atoms with van der Waals surface area (Å²) in [5.41, 5.74) is 2.61. The lowest BCUT2D eigenvalue weighted by Gasteiger charge is -2.23. The second-order valence-corrected chi connectivity index (χ2v) is 5.51. The van der Waals surface area contributed by atoms with E-state index in [0.29, 0.717) is 6.04 Å². The average Bonchev–Trinajstić information content (AvgIpc) is 2.40. The SMILES string of the molecule is COc1cc(C)c(CCC2CCCCN2)cc1Cl. The van der Waals surface area contributed by atoms with Crippen molar-refractivity contribution in [3.63, 3.8) is 0 Å². The molecule has 1 aliphatic rings. The molecule has 1 N–H and O–H groups in total. The van der Waals surface area contributed by atoms with Gasteiger partial charge in [-0.25, -0.2) is 0 Å². The Morgan fingerprint density at radius 1 is 1.39 bits per heavy atom. The Morgan fingerprint density at radius 3 is 2.89 bits per heavy atom. The molecule has 0 aromatic heterocycles. The molecule has 1 unspecified atom stereocenters. The number of piperidine rings is 1. The standard InChI is InChI=1S/C15H22ClNO/c1-11-9-15(18-2)14(16)10-12(11)6-7-13-5-3-4-8-17-13/h9-10,13,17H,3-8H2,1-2H3. The highest BCUT2D eigenvalue weighted by Crippen LogP contribution is 2.28. The fourth-order valence-electron chi connectivity index (χ4n) is 2.62. The summed E-state index contributed by atoms with van der Waals surface area (Å²) in [4.78, 5) is 0. The molecule has 1 aliphatic heterocycles. The first kappa shape index (κ1) is 13.7. The zero-order chi connectivity index (χ0) is 13.0. The average molecular weight is 268 g/mol. The fraction of sp³-hybridized carbons (Fsp3) is 0.600. The van der Waals surface area contributed by atoms with Crippen molar-refractivity contribution in [2.24, 2.45) is 0 Å². The minimum atomic E-state index is 0.680. The van der Waals surface area contributed by atoms with Gasteiger partial charge in [-0.1, -0.05) is 18.0 Å². The quantitative estimate of drug-likeness (QED) is 0.898. The number of rotatable bonds is 4. The summed E-state index contributed by atoms with van der Waals surface area (Å²) in [5.74, 6) is 0.772. The van der Waals surface area contributed by atoms with Gasteiger partial charge in [0.05, 0.1) is 12.1 Å². The van der Waals surface area contributed by atoms with Gasteiger partial charge in [-0.2, -0.15) is 0 Å². The number of hydrogen-bond acceptors (Lipinski definition) is 2. The van der Waals surface area contributed by atoms with Gasteiger partial charge in [-0.15, -0.1) is 0 Å². The minimum Gasteiger partial charge on any atom is -0.495 e. The Balaban J connectivity index is 1.98. The minimum absolute atomic E-state index is 0.680. The van der Waals surface area contributed by atoms with E-state index in [2.05, 4.69) is 18.3 Å². The van der Waals surface area contributed by atoms with Gasteiger partial charge >= 0.3 is 0 Å². The van der Waals surface area contributed by atoms with Crippen LogP contribution < -0.4 is 10.1 Å². The molecule has 1 aromatic carbocycles. The highest BCUT2D eigenvalue weighted by Gasteiger charge is 2.13. The van der Waals surface area contributed by atoms with E-state index in [1.54, 1.807) is 7.11 Å². The molecule has 0 aliphatic carbocycles. The smallest absolute Gasteiger partial charge is 0.137 e. The molecule has 0 spiro atoms. The molecular formula is C15H22ClNO. The van der Waals surface area contributed by atoms with Crippen LogP contribution in [0.15, 0.2) is 12.1 Å². The van der Waals surface area contributed by atoms with Crippen molar-refractivity contribution in [1.82, 2.24) is 5.32 Å². The molecule has 3 heteroatoms. The molecule has 1 atom stereocenters. The van der Waals surface area contributed by atoms with Crippen molar-refractivity contribution >= 4 is 11.6 Å². The molecule has 18 heavy (non-hydrogen) atoms. The van der Waals surface area contributed by atoms with Crippen molar-refractivity contribution in [2.45, 2.75) is 45.1 Å². The first-order valence-electron chi connectivity index (χ1n) is 6.77. The second kappa shape index (κ2) is 6.44. The summed E-state index contributed by atoms with van der Waals surface area (Å²) in [6, 6.07) is 4.77. The third kappa shape index (κ3) is 3.39. The molecule has 0 bridgehead atoms. The third-order valence-electron chi connectivity index (χ3n) is 3.78. The van der Waals surface area contributed by atoms with Crippen LogP contribution in [0.25, 0.3) is 0 Å². The van der Waals surface area contributed by atoms with Gasteiger partial charge in [-0.3, -0.25) is 0 Å². The molecule has 1 aromatic rings. The lowest BCUT2D eigenvalue weighted by molar-refractivity contribution is 0.382. The molecular weight excluding hydrogens is 246 g/mol. The fourth-order valence-corrected chi connectivity index (χ4v) is 2.89. The maximum atomic E-state index is 6.18. The second-order valence-electron chi connectivity index (χ2n) is 5.10. The van der Waals surface area contributed by atoms with Crippen LogP contribution in [0, 0.1) is 6.92 Å². The maximum Gasteiger partial charge on any atom is 0.137 e. The van der Waals surface area contributed by atoms with Crippen molar-refractivity contribution in [3.05, 3.63) is 28.3 Å². The highest BCUT2D eigenvalue weighted by molar-refractivity contribution is 6.32. The van der Waals surface area contributed by atoms with Crippen LogP contribution >= 0.6 is 11.6 Å². The van der Waals surface area contributed by atoms with E-state index in [1.807, 2.05) is 6.07 Å². The monoisotopic (exact) mass is 267 g/mol. The van der Waals surface area contributed by atoms with Gasteiger partial charge in [-0.05, 0) is 62.4 Å². The Bertz CT molecular complexity index is 400. The van der Waals surface area contributed by atoms with E-state index in [1.165, 1.54) is 43.4 Å². The van der Waals surface area contributed by atoms with E-state index in [9.17, 15) is 0 Å². The van der Waals surface area contributed by atoms with Gasteiger partial charge in [0, 0.05) is 6.04 Å². The molecule has 1 saturated heterocycles. The summed E-state index contributed by atoms with van der Waals surface area (Å²) >= 11 is 6.18. The van der Waals surface area contributed by atoms with E-state index in [0.717, 1.165) is 17.2 Å². The predicted octanol–water partition coefficient (Wildman–Crippen LogP) is 3.73. The van der Waals surface area contributed by atoms with E-state index in [4.69, 9.17) is 16.3 Å². The van der Waals surface area contributed by atoms with Crippen LogP contribution in [0.1, 0.15) is 36.8 Å². The lowest BCUT2D eigenvalue weighted by Crippen LogP contribution is -2.34. The van der Waals surface area contributed by atoms with Crippen LogP contribution in [0.5, 0.6) is 5.75 Å². The molecule has 0 radical (unpaired) electrons. The zero-order valence-electron chi connectivity index (χ0n) is 11.3. The Morgan fingerprint density at radius 2 is 2.22 bits per heavy atom. The summed E-state index contributed by atoms with van der Waals surface area (Å²) in [7, 11) is 1.66. The van der Waals surface area contributed by atoms with Crippen LogP contribution in [0.2, 0.25) is 5.02 Å². The molecule has 2 rings (SSSR count). The van der Waals surface area contributed by atoms with Crippen molar-refractivity contribution < 1.29 is 4.74 Å². The Kier molecular flexibility index (Phi) is 4.90. The van der Waals surface area contributed by atoms with Gasteiger partial charge in [0.25, 0.3) is 0 Å². The van der Waals surface area contributed by atoms with E-state index < -0.39 is 0 Å². The molecule has 100 valence electrons. The normalized spacial score (nSPS) is 19.8. The molecule has 0 amide bonds. The largest absolute Gasteiger partial charge is 0.495 e. The van der Waals surface area contributed by atoms with Crippen LogP contribution in [0.4, 0.5) is 0 Å².